The fourth-order valence-corrected chi connectivity index (χ4v) is 4.58. The van der Waals surface area contributed by atoms with Crippen LogP contribution in [0.4, 0.5) is 11.4 Å². The molecular weight excluding hydrogens is 380 g/mol. The highest BCUT2D eigenvalue weighted by Gasteiger charge is 2.35. The number of carbonyl (C=O) groups is 2. The minimum atomic E-state index is -0.181. The number of anilines is 2. The summed E-state index contributed by atoms with van der Waals surface area (Å²) in [5, 5.41) is 2.85. The second kappa shape index (κ2) is 8.13. The van der Waals surface area contributed by atoms with E-state index in [2.05, 4.69) is 5.32 Å². The number of hydrogen-bond acceptors (Lipinski definition) is 3. The molecule has 2 amide bonds. The smallest absolute Gasteiger partial charge is 0.255 e. The fourth-order valence-electron chi connectivity index (χ4n) is 3.36. The van der Waals surface area contributed by atoms with Crippen molar-refractivity contribution in [1.82, 2.24) is 0 Å². The standard InChI is InChI=1S/C24H22N2O2S/c1-16-7-11-18(12-8-16)23(28)25-21-6-4-3-5-20(21)24-26(22(27)15-29-24)19-13-9-17(2)10-14-19/h3-14,24H,15H2,1-2H3,(H,25,28). The van der Waals surface area contributed by atoms with Crippen molar-refractivity contribution in [1.29, 1.82) is 0 Å². The van der Waals surface area contributed by atoms with Crippen molar-refractivity contribution in [3.05, 3.63) is 95.1 Å². The molecule has 1 unspecified atom stereocenters. The molecular formula is C24H22N2O2S. The average Bonchev–Trinajstić information content (AvgIpc) is 3.11. The Balaban J connectivity index is 1.65. The number of thioether (sulfide) groups is 1. The number of nitrogens with one attached hydrogen (secondary N) is 1. The Kier molecular flexibility index (Phi) is 5.41. The number of benzene rings is 3. The molecule has 0 aliphatic carbocycles. The molecule has 1 fully saturated rings. The highest BCUT2D eigenvalue weighted by Crippen LogP contribution is 2.44. The predicted molar refractivity (Wildman–Crippen MR) is 119 cm³/mol. The van der Waals surface area contributed by atoms with Crippen molar-refractivity contribution in [2.45, 2.75) is 19.2 Å². The van der Waals surface area contributed by atoms with Gasteiger partial charge in [0.1, 0.15) is 5.37 Å². The second-order valence-electron chi connectivity index (χ2n) is 7.17. The van der Waals surface area contributed by atoms with E-state index in [-0.39, 0.29) is 17.2 Å². The van der Waals surface area contributed by atoms with Crippen LogP contribution >= 0.6 is 11.8 Å². The van der Waals surface area contributed by atoms with E-state index >= 15 is 0 Å². The summed E-state index contributed by atoms with van der Waals surface area (Å²) in [5.74, 6) is 0.330. The molecule has 4 rings (SSSR count). The lowest BCUT2D eigenvalue weighted by Gasteiger charge is -2.26. The molecule has 0 radical (unpaired) electrons. The van der Waals surface area contributed by atoms with Crippen LogP contribution < -0.4 is 10.2 Å². The minimum Gasteiger partial charge on any atom is -0.322 e. The molecule has 1 aliphatic heterocycles. The number of para-hydroxylation sites is 1. The monoisotopic (exact) mass is 402 g/mol. The number of nitrogens with zero attached hydrogens (tertiary/aromatic N) is 1. The maximum Gasteiger partial charge on any atom is 0.255 e. The molecule has 29 heavy (non-hydrogen) atoms. The molecule has 0 bridgehead atoms. The Labute approximate surface area is 174 Å². The van der Waals surface area contributed by atoms with Gasteiger partial charge in [0, 0.05) is 22.5 Å². The Morgan fingerprint density at radius 3 is 2.24 bits per heavy atom. The number of aryl methyl sites for hydroxylation is 2. The molecule has 1 aliphatic rings. The maximum absolute atomic E-state index is 12.7. The maximum atomic E-state index is 12.7. The van der Waals surface area contributed by atoms with Gasteiger partial charge >= 0.3 is 0 Å². The Morgan fingerprint density at radius 2 is 1.55 bits per heavy atom. The third-order valence-electron chi connectivity index (χ3n) is 4.97. The molecule has 3 aromatic carbocycles. The summed E-state index contributed by atoms with van der Waals surface area (Å²) in [6, 6.07) is 23.1. The highest BCUT2D eigenvalue weighted by atomic mass is 32.2. The van der Waals surface area contributed by atoms with Crippen LogP contribution in [-0.4, -0.2) is 17.6 Å². The summed E-state index contributed by atoms with van der Waals surface area (Å²) in [6.07, 6.45) is 0. The normalized spacial score (nSPS) is 16.1. The largest absolute Gasteiger partial charge is 0.322 e. The molecule has 1 saturated heterocycles. The lowest BCUT2D eigenvalue weighted by atomic mass is 10.1. The van der Waals surface area contributed by atoms with Crippen LogP contribution in [0.2, 0.25) is 0 Å². The zero-order valence-electron chi connectivity index (χ0n) is 16.4. The second-order valence-corrected chi connectivity index (χ2v) is 8.24. The van der Waals surface area contributed by atoms with Crippen LogP contribution in [-0.2, 0) is 4.79 Å². The molecule has 0 aromatic heterocycles. The van der Waals surface area contributed by atoms with Crippen molar-refractivity contribution in [2.24, 2.45) is 0 Å². The van der Waals surface area contributed by atoms with Gasteiger partial charge in [0.15, 0.2) is 0 Å². The minimum absolute atomic E-state index is 0.0727. The molecule has 1 N–H and O–H groups in total. The van der Waals surface area contributed by atoms with Crippen molar-refractivity contribution in [3.8, 4) is 0 Å². The summed E-state index contributed by atoms with van der Waals surface area (Å²) in [4.78, 5) is 27.2. The third kappa shape index (κ3) is 4.05. The van der Waals surface area contributed by atoms with Gasteiger partial charge in [-0.3, -0.25) is 14.5 Å². The van der Waals surface area contributed by atoms with Crippen molar-refractivity contribution in [3.63, 3.8) is 0 Å². The predicted octanol–water partition coefficient (Wildman–Crippen LogP) is 5.33. The van der Waals surface area contributed by atoms with Crippen LogP contribution in [0, 0.1) is 13.8 Å². The first-order chi connectivity index (χ1) is 14.0. The first-order valence-corrected chi connectivity index (χ1v) is 10.5. The van der Waals surface area contributed by atoms with Gasteiger partial charge < -0.3 is 5.32 Å². The van der Waals surface area contributed by atoms with E-state index in [4.69, 9.17) is 0 Å². The summed E-state index contributed by atoms with van der Waals surface area (Å²) in [7, 11) is 0. The van der Waals surface area contributed by atoms with Gasteiger partial charge in [0.05, 0.1) is 5.75 Å². The topological polar surface area (TPSA) is 49.4 Å². The van der Waals surface area contributed by atoms with Crippen LogP contribution in [0.15, 0.2) is 72.8 Å². The van der Waals surface area contributed by atoms with Gasteiger partial charge in [-0.05, 0) is 44.2 Å². The van der Waals surface area contributed by atoms with E-state index < -0.39 is 0 Å². The molecule has 146 valence electrons. The van der Waals surface area contributed by atoms with E-state index in [1.54, 1.807) is 11.8 Å². The number of hydrogen-bond donors (Lipinski definition) is 1. The first-order valence-electron chi connectivity index (χ1n) is 9.50. The molecule has 4 nitrogen and oxygen atoms in total. The average molecular weight is 403 g/mol. The number of rotatable bonds is 4. The highest BCUT2D eigenvalue weighted by molar-refractivity contribution is 8.00. The van der Waals surface area contributed by atoms with Gasteiger partial charge in [-0.2, -0.15) is 0 Å². The van der Waals surface area contributed by atoms with Gasteiger partial charge in [-0.1, -0.05) is 53.6 Å². The summed E-state index contributed by atoms with van der Waals surface area (Å²) in [6.45, 7) is 4.02. The number of amides is 2. The summed E-state index contributed by atoms with van der Waals surface area (Å²) < 4.78 is 0. The van der Waals surface area contributed by atoms with Crippen LogP contribution in [0.3, 0.4) is 0 Å². The lowest BCUT2D eigenvalue weighted by Crippen LogP contribution is -2.28. The first kappa shape index (κ1) is 19.3. The molecule has 3 aromatic rings. The number of carbonyl (C=O) groups excluding carboxylic acids is 2. The van der Waals surface area contributed by atoms with E-state index in [1.807, 2.05) is 91.5 Å². The Hall–Kier alpha value is -3.05. The van der Waals surface area contributed by atoms with Gasteiger partial charge in [-0.25, -0.2) is 0 Å². The van der Waals surface area contributed by atoms with Gasteiger partial charge in [0.25, 0.3) is 5.91 Å². The van der Waals surface area contributed by atoms with E-state index in [9.17, 15) is 9.59 Å². The van der Waals surface area contributed by atoms with Crippen LogP contribution in [0.1, 0.15) is 32.4 Å². The molecule has 1 atom stereocenters. The zero-order valence-corrected chi connectivity index (χ0v) is 17.2. The Bertz CT molecular complexity index is 1050. The zero-order chi connectivity index (χ0) is 20.4. The third-order valence-corrected chi connectivity index (χ3v) is 6.16. The molecule has 1 heterocycles. The molecule has 0 saturated carbocycles. The molecule has 5 heteroatoms. The van der Waals surface area contributed by atoms with Gasteiger partial charge in [-0.15, -0.1) is 11.8 Å². The van der Waals surface area contributed by atoms with Crippen molar-refractivity contribution < 1.29 is 9.59 Å². The van der Waals surface area contributed by atoms with E-state index in [0.717, 1.165) is 28.1 Å². The summed E-state index contributed by atoms with van der Waals surface area (Å²) >= 11 is 1.57. The molecule has 0 spiro atoms. The fraction of sp³-hybridized carbons (Fsp3) is 0.167. The lowest BCUT2D eigenvalue weighted by molar-refractivity contribution is -0.115. The van der Waals surface area contributed by atoms with Crippen LogP contribution in [0.5, 0.6) is 0 Å². The van der Waals surface area contributed by atoms with E-state index in [0.29, 0.717) is 11.3 Å². The SMILES string of the molecule is Cc1ccc(C(=O)Nc2ccccc2C2SCC(=O)N2c2ccc(C)cc2)cc1. The van der Waals surface area contributed by atoms with Crippen molar-refractivity contribution >= 4 is 35.0 Å². The summed E-state index contributed by atoms with van der Waals surface area (Å²) in [5.41, 5.74) is 5.38. The quantitative estimate of drug-likeness (QED) is 0.641. The van der Waals surface area contributed by atoms with Crippen LogP contribution in [0.25, 0.3) is 0 Å². The van der Waals surface area contributed by atoms with Crippen molar-refractivity contribution in [2.75, 3.05) is 16.0 Å². The Morgan fingerprint density at radius 1 is 0.931 bits per heavy atom. The van der Waals surface area contributed by atoms with Gasteiger partial charge in [0.2, 0.25) is 5.91 Å². The van der Waals surface area contributed by atoms with E-state index in [1.165, 1.54) is 0 Å².